The van der Waals surface area contributed by atoms with Gasteiger partial charge in [0.1, 0.15) is 0 Å². The van der Waals surface area contributed by atoms with E-state index in [0.29, 0.717) is 31.7 Å². The van der Waals surface area contributed by atoms with Crippen LogP contribution in [0.1, 0.15) is 42.3 Å². The first-order chi connectivity index (χ1) is 13.3. The second-order valence-corrected chi connectivity index (χ2v) is 7.95. The first-order valence-corrected chi connectivity index (χ1v) is 9.72. The number of nitrogens with two attached hydrogens (primary N) is 1. The number of amides is 2. The standard InChI is InChI=1S/C23H31N3O2/c1-23(2,3)22(28)25-17-19-9-11-20(12-10-19)21(27)26(16-14-24)15-13-18-7-5-4-6-8-18/h4-12H,13-17,24H2,1-3H3,(H,25,28). The number of carbonyl (C=O) groups is 2. The van der Waals surface area contributed by atoms with E-state index in [1.165, 1.54) is 5.56 Å². The Balaban J connectivity index is 1.97. The summed E-state index contributed by atoms with van der Waals surface area (Å²) in [5.74, 6) is -0.0191. The smallest absolute Gasteiger partial charge is 0.253 e. The molecule has 0 aromatic heterocycles. The summed E-state index contributed by atoms with van der Waals surface area (Å²) in [6.45, 7) is 7.67. The van der Waals surface area contributed by atoms with Crippen molar-refractivity contribution in [3.05, 3.63) is 71.3 Å². The third kappa shape index (κ3) is 6.50. The monoisotopic (exact) mass is 381 g/mol. The van der Waals surface area contributed by atoms with Crippen LogP contribution >= 0.6 is 0 Å². The van der Waals surface area contributed by atoms with Crippen molar-refractivity contribution in [2.24, 2.45) is 11.1 Å². The van der Waals surface area contributed by atoms with Gasteiger partial charge in [-0.1, -0.05) is 63.2 Å². The molecule has 0 atom stereocenters. The number of rotatable bonds is 8. The quantitative estimate of drug-likeness (QED) is 0.738. The first-order valence-electron chi connectivity index (χ1n) is 9.72. The third-order valence-electron chi connectivity index (χ3n) is 4.53. The molecule has 2 aromatic rings. The van der Waals surface area contributed by atoms with E-state index in [9.17, 15) is 9.59 Å². The Morgan fingerprint density at radius 3 is 2.14 bits per heavy atom. The van der Waals surface area contributed by atoms with Gasteiger partial charge in [-0.2, -0.15) is 0 Å². The van der Waals surface area contributed by atoms with Crippen LogP contribution in [0.5, 0.6) is 0 Å². The predicted molar refractivity (Wildman–Crippen MR) is 113 cm³/mol. The van der Waals surface area contributed by atoms with Crippen molar-refractivity contribution >= 4 is 11.8 Å². The fourth-order valence-corrected chi connectivity index (χ4v) is 2.77. The van der Waals surface area contributed by atoms with Crippen LogP contribution in [0.15, 0.2) is 54.6 Å². The molecule has 0 aliphatic carbocycles. The van der Waals surface area contributed by atoms with Crippen molar-refractivity contribution in [1.29, 1.82) is 0 Å². The van der Waals surface area contributed by atoms with Gasteiger partial charge in [-0.3, -0.25) is 9.59 Å². The first kappa shape index (κ1) is 21.6. The lowest BCUT2D eigenvalue weighted by molar-refractivity contribution is -0.128. The molecule has 0 saturated heterocycles. The molecule has 150 valence electrons. The second-order valence-electron chi connectivity index (χ2n) is 7.95. The molecule has 0 spiro atoms. The summed E-state index contributed by atoms with van der Waals surface area (Å²) in [5.41, 5.74) is 8.08. The van der Waals surface area contributed by atoms with E-state index in [1.54, 1.807) is 4.90 Å². The third-order valence-corrected chi connectivity index (χ3v) is 4.53. The highest BCUT2D eigenvalue weighted by Crippen LogP contribution is 2.14. The number of benzene rings is 2. The molecule has 0 aliphatic heterocycles. The largest absolute Gasteiger partial charge is 0.352 e. The molecular weight excluding hydrogens is 350 g/mol. The molecular formula is C23H31N3O2. The van der Waals surface area contributed by atoms with Gasteiger partial charge in [-0.25, -0.2) is 0 Å². The molecule has 3 N–H and O–H groups in total. The van der Waals surface area contributed by atoms with Crippen molar-refractivity contribution in [3.63, 3.8) is 0 Å². The average molecular weight is 382 g/mol. The van der Waals surface area contributed by atoms with E-state index < -0.39 is 5.41 Å². The van der Waals surface area contributed by atoms with E-state index in [1.807, 2.05) is 63.2 Å². The minimum atomic E-state index is -0.419. The van der Waals surface area contributed by atoms with Crippen molar-refractivity contribution in [1.82, 2.24) is 10.2 Å². The number of hydrogen-bond donors (Lipinski definition) is 2. The molecule has 2 amide bonds. The lowest BCUT2D eigenvalue weighted by atomic mass is 9.95. The van der Waals surface area contributed by atoms with Gasteiger partial charge in [-0.05, 0) is 29.7 Å². The van der Waals surface area contributed by atoms with Crippen LogP contribution in [0.4, 0.5) is 0 Å². The van der Waals surface area contributed by atoms with Crippen LogP contribution in [-0.4, -0.2) is 36.3 Å². The van der Waals surface area contributed by atoms with E-state index in [0.717, 1.165) is 12.0 Å². The van der Waals surface area contributed by atoms with E-state index in [2.05, 4.69) is 17.4 Å². The molecule has 0 saturated carbocycles. The molecule has 5 nitrogen and oxygen atoms in total. The van der Waals surface area contributed by atoms with Crippen LogP contribution in [0.25, 0.3) is 0 Å². The number of nitrogens with zero attached hydrogens (tertiary/aromatic N) is 1. The van der Waals surface area contributed by atoms with Gasteiger partial charge in [0, 0.05) is 37.2 Å². The normalized spacial score (nSPS) is 11.1. The zero-order valence-electron chi connectivity index (χ0n) is 17.1. The van der Waals surface area contributed by atoms with Gasteiger partial charge >= 0.3 is 0 Å². The summed E-state index contributed by atoms with van der Waals surface area (Å²) in [7, 11) is 0. The lowest BCUT2D eigenvalue weighted by Gasteiger charge is -2.22. The Hall–Kier alpha value is -2.66. The summed E-state index contributed by atoms with van der Waals surface area (Å²) in [6.07, 6.45) is 0.795. The van der Waals surface area contributed by atoms with Crippen molar-refractivity contribution in [2.75, 3.05) is 19.6 Å². The van der Waals surface area contributed by atoms with Crippen LogP contribution in [-0.2, 0) is 17.8 Å². The Bertz CT molecular complexity index is 765. The molecule has 0 unspecified atom stereocenters. The van der Waals surface area contributed by atoms with Gasteiger partial charge < -0.3 is 16.0 Å². The minimum Gasteiger partial charge on any atom is -0.352 e. The number of nitrogens with one attached hydrogen (secondary N) is 1. The molecule has 2 rings (SSSR count). The molecule has 0 radical (unpaired) electrons. The van der Waals surface area contributed by atoms with Gasteiger partial charge in [0.05, 0.1) is 0 Å². The highest BCUT2D eigenvalue weighted by molar-refractivity contribution is 5.94. The Labute approximate surface area is 167 Å². The molecule has 0 heterocycles. The van der Waals surface area contributed by atoms with Crippen molar-refractivity contribution < 1.29 is 9.59 Å². The maximum absolute atomic E-state index is 12.9. The molecule has 28 heavy (non-hydrogen) atoms. The summed E-state index contributed by atoms with van der Waals surface area (Å²) >= 11 is 0. The van der Waals surface area contributed by atoms with Crippen molar-refractivity contribution in [3.8, 4) is 0 Å². The zero-order valence-corrected chi connectivity index (χ0v) is 17.1. The van der Waals surface area contributed by atoms with Gasteiger partial charge in [0.25, 0.3) is 5.91 Å². The maximum Gasteiger partial charge on any atom is 0.253 e. The van der Waals surface area contributed by atoms with Gasteiger partial charge in [-0.15, -0.1) is 0 Å². The summed E-state index contributed by atoms with van der Waals surface area (Å²) in [5, 5.41) is 2.92. The maximum atomic E-state index is 12.9. The van der Waals surface area contributed by atoms with Crippen LogP contribution in [0.3, 0.4) is 0 Å². The van der Waals surface area contributed by atoms with Crippen molar-refractivity contribution in [2.45, 2.75) is 33.7 Å². The van der Waals surface area contributed by atoms with E-state index in [-0.39, 0.29) is 11.8 Å². The van der Waals surface area contributed by atoms with Crippen LogP contribution < -0.4 is 11.1 Å². The lowest BCUT2D eigenvalue weighted by Crippen LogP contribution is -2.37. The fraction of sp³-hybridized carbons (Fsp3) is 0.391. The average Bonchev–Trinajstić information content (AvgIpc) is 2.69. The number of hydrogen-bond acceptors (Lipinski definition) is 3. The van der Waals surface area contributed by atoms with Crippen LogP contribution in [0, 0.1) is 5.41 Å². The Morgan fingerprint density at radius 1 is 0.929 bits per heavy atom. The summed E-state index contributed by atoms with van der Waals surface area (Å²) in [6, 6.07) is 17.5. The molecule has 0 aliphatic rings. The summed E-state index contributed by atoms with van der Waals surface area (Å²) in [4.78, 5) is 26.6. The fourth-order valence-electron chi connectivity index (χ4n) is 2.77. The topological polar surface area (TPSA) is 75.4 Å². The predicted octanol–water partition coefficient (Wildman–Crippen LogP) is 2.99. The SMILES string of the molecule is CC(C)(C)C(=O)NCc1ccc(C(=O)N(CCN)CCc2ccccc2)cc1. The molecule has 5 heteroatoms. The minimum absolute atomic E-state index is 0.00249. The number of carbonyl (C=O) groups excluding carboxylic acids is 2. The van der Waals surface area contributed by atoms with Gasteiger partial charge in [0.2, 0.25) is 5.91 Å². The Kier molecular flexibility index (Phi) is 7.76. The molecule has 0 fully saturated rings. The second kappa shape index (κ2) is 10.0. The summed E-state index contributed by atoms with van der Waals surface area (Å²) < 4.78 is 0. The molecule has 0 bridgehead atoms. The highest BCUT2D eigenvalue weighted by atomic mass is 16.2. The van der Waals surface area contributed by atoms with E-state index >= 15 is 0 Å². The van der Waals surface area contributed by atoms with E-state index in [4.69, 9.17) is 5.73 Å². The highest BCUT2D eigenvalue weighted by Gasteiger charge is 2.20. The zero-order chi connectivity index (χ0) is 20.6. The Morgan fingerprint density at radius 2 is 1.57 bits per heavy atom. The molecule has 2 aromatic carbocycles. The van der Waals surface area contributed by atoms with Crippen LogP contribution in [0.2, 0.25) is 0 Å². The van der Waals surface area contributed by atoms with Gasteiger partial charge in [0.15, 0.2) is 0 Å².